The van der Waals surface area contributed by atoms with Crippen LogP contribution >= 0.6 is 11.3 Å². The number of piperidine rings is 1. The van der Waals surface area contributed by atoms with E-state index < -0.39 is 12.1 Å². The molecule has 5 aromatic rings. The summed E-state index contributed by atoms with van der Waals surface area (Å²) in [6, 6.07) is 25.4. The molecular weight excluding hydrogens is 803 g/mol. The van der Waals surface area contributed by atoms with Crippen molar-refractivity contribution in [2.75, 3.05) is 53.6 Å². The van der Waals surface area contributed by atoms with E-state index in [4.69, 9.17) is 4.98 Å². The molecule has 5 heterocycles. The van der Waals surface area contributed by atoms with Gasteiger partial charge in [-0.25, -0.2) is 9.97 Å². The highest BCUT2D eigenvalue weighted by molar-refractivity contribution is 7.13. The van der Waals surface area contributed by atoms with E-state index in [9.17, 15) is 24.0 Å². The van der Waals surface area contributed by atoms with E-state index in [0.29, 0.717) is 42.2 Å². The predicted molar refractivity (Wildman–Crippen MR) is 241 cm³/mol. The van der Waals surface area contributed by atoms with Gasteiger partial charge in [-0.05, 0) is 85.0 Å². The van der Waals surface area contributed by atoms with Crippen LogP contribution < -0.4 is 26.2 Å². The molecule has 14 nitrogen and oxygen atoms in total. The maximum atomic E-state index is 13.9. The third-order valence-corrected chi connectivity index (χ3v) is 12.4. The molecule has 0 saturated carbocycles. The monoisotopic (exact) mass is 853 g/mol. The number of carbonyl (C=O) groups is 5. The fourth-order valence-electron chi connectivity index (χ4n) is 8.28. The molecule has 0 spiro atoms. The fourth-order valence-corrected chi connectivity index (χ4v) is 8.81. The number of rotatable bonds is 17. The van der Waals surface area contributed by atoms with Crippen LogP contribution in [0.4, 0.5) is 22.3 Å². The highest BCUT2D eigenvalue weighted by Crippen LogP contribution is 2.35. The number of aromatic nitrogens is 2. The summed E-state index contributed by atoms with van der Waals surface area (Å²) in [7, 11) is 0. The molecule has 2 aromatic heterocycles. The molecule has 2 atom stereocenters. The number of piperazine rings is 1. The molecule has 2 unspecified atom stereocenters. The molecule has 0 bridgehead atoms. The molecule has 2 fully saturated rings. The number of hydrogen-bond donors (Lipinski definition) is 4. The summed E-state index contributed by atoms with van der Waals surface area (Å²) >= 11 is 1.34. The number of pyridine rings is 1. The van der Waals surface area contributed by atoms with Gasteiger partial charge in [0.2, 0.25) is 17.7 Å². The number of anilines is 4. The van der Waals surface area contributed by atoms with Crippen LogP contribution in [0.2, 0.25) is 0 Å². The van der Waals surface area contributed by atoms with E-state index in [-0.39, 0.29) is 29.5 Å². The minimum absolute atomic E-state index is 0.00534. The lowest BCUT2D eigenvalue weighted by Crippen LogP contribution is -2.47. The first-order chi connectivity index (χ1) is 30.3. The Morgan fingerprint density at radius 3 is 2.31 bits per heavy atom. The van der Waals surface area contributed by atoms with E-state index in [1.807, 2.05) is 79.0 Å². The summed E-state index contributed by atoms with van der Waals surface area (Å²) in [6.07, 6.45) is 9.99. The van der Waals surface area contributed by atoms with Gasteiger partial charge in [0.25, 0.3) is 11.8 Å². The molecule has 2 saturated heterocycles. The molecule has 3 aliphatic rings. The number of unbranched alkanes of at least 4 members (excludes halogenated alkanes) is 4. The minimum atomic E-state index is -0.805. The molecule has 3 aromatic carbocycles. The molecule has 8 rings (SSSR count). The Bertz CT molecular complexity index is 2350. The largest absolute Gasteiger partial charge is 0.374 e. The van der Waals surface area contributed by atoms with Gasteiger partial charge in [0.1, 0.15) is 17.9 Å². The molecule has 3 aliphatic heterocycles. The van der Waals surface area contributed by atoms with Crippen molar-refractivity contribution >= 4 is 63.2 Å². The number of nitrogens with one attached hydrogen (secondary N) is 4. The number of hydrogen-bond acceptors (Lipinski definition) is 11. The Balaban J connectivity index is 0.732. The van der Waals surface area contributed by atoms with Gasteiger partial charge >= 0.3 is 0 Å². The zero-order valence-electron chi connectivity index (χ0n) is 34.6. The Morgan fingerprint density at radius 1 is 0.806 bits per heavy atom. The number of thiazole rings is 1. The fraction of sp³-hybridized carbons (Fsp3) is 0.340. The Labute approximate surface area is 365 Å². The average Bonchev–Trinajstić information content (AvgIpc) is 3.92. The Kier molecular flexibility index (Phi) is 13.6. The third-order valence-electron chi connectivity index (χ3n) is 11.7. The Hall–Kier alpha value is -6.45. The van der Waals surface area contributed by atoms with E-state index >= 15 is 0 Å². The molecule has 5 amide bonds. The zero-order chi connectivity index (χ0) is 42.8. The van der Waals surface area contributed by atoms with Crippen molar-refractivity contribution < 1.29 is 24.0 Å². The van der Waals surface area contributed by atoms with Crippen LogP contribution in [-0.4, -0.2) is 88.1 Å². The third kappa shape index (κ3) is 10.5. The lowest BCUT2D eigenvalue weighted by molar-refractivity contribution is -0.133. The lowest BCUT2D eigenvalue weighted by atomic mass is 10.0. The highest BCUT2D eigenvalue weighted by Gasteiger charge is 2.38. The second kappa shape index (κ2) is 19.9. The van der Waals surface area contributed by atoms with Crippen LogP contribution in [0.3, 0.4) is 0 Å². The van der Waals surface area contributed by atoms with Crippen LogP contribution in [0.25, 0.3) is 11.1 Å². The second-order valence-corrected chi connectivity index (χ2v) is 16.9. The summed E-state index contributed by atoms with van der Waals surface area (Å²) in [5, 5.41) is 13.6. The van der Waals surface area contributed by atoms with Crippen molar-refractivity contribution in [3.63, 3.8) is 0 Å². The van der Waals surface area contributed by atoms with Crippen molar-refractivity contribution in [2.45, 2.75) is 70.0 Å². The van der Waals surface area contributed by atoms with E-state index in [1.54, 1.807) is 16.5 Å². The number of benzene rings is 3. The van der Waals surface area contributed by atoms with Crippen LogP contribution in [0.1, 0.15) is 78.9 Å². The standard InChI is InChI=1S/C47H51N9O5S/c57-41(51-37-17-15-36(16-18-37)50-39-19-21-42(58)52-44(39)59)11-7-2-1-3-8-23-54-24-26-55(27-25-54)40-20-14-34(30-49-40)33-12-13-35-31-56(46(61)38(35)29-33)43(32-9-5-4-6-10-32)45(60)53-47-48-22-28-62-47/h4-6,9-10,12-18,20,22,28-30,39,43,50H,1-3,7-8,11,19,21,23-27,31H2,(H,51,57)(H,48,53,60)(H,52,58,59). The smallest absolute Gasteiger partial charge is 0.255 e. The number of imide groups is 1. The summed E-state index contributed by atoms with van der Waals surface area (Å²) in [4.78, 5) is 78.9. The first-order valence-corrected chi connectivity index (χ1v) is 22.3. The van der Waals surface area contributed by atoms with Crippen molar-refractivity contribution in [1.29, 1.82) is 0 Å². The van der Waals surface area contributed by atoms with Gasteiger partial charge in [0.15, 0.2) is 5.13 Å². The number of nitrogens with zero attached hydrogens (tertiary/aromatic N) is 5. The van der Waals surface area contributed by atoms with Crippen molar-refractivity contribution in [2.24, 2.45) is 0 Å². The summed E-state index contributed by atoms with van der Waals surface area (Å²) in [6.45, 7) is 5.16. The molecule has 4 N–H and O–H groups in total. The molecule has 320 valence electrons. The zero-order valence-corrected chi connectivity index (χ0v) is 35.4. The van der Waals surface area contributed by atoms with Gasteiger partial charge in [-0.2, -0.15) is 0 Å². The quantitative estimate of drug-likeness (QED) is 0.0573. The van der Waals surface area contributed by atoms with Crippen LogP contribution in [0, 0.1) is 0 Å². The van der Waals surface area contributed by atoms with Crippen LogP contribution in [0.15, 0.2) is 103 Å². The number of amides is 5. The van der Waals surface area contributed by atoms with Gasteiger partial charge in [-0.3, -0.25) is 39.5 Å². The normalized spacial score (nSPS) is 17.0. The first kappa shape index (κ1) is 42.2. The van der Waals surface area contributed by atoms with E-state index in [2.05, 4.69) is 48.2 Å². The molecule has 0 radical (unpaired) electrons. The van der Waals surface area contributed by atoms with Gasteiger partial charge in [-0.15, -0.1) is 11.3 Å². The van der Waals surface area contributed by atoms with Gasteiger partial charge < -0.3 is 20.4 Å². The van der Waals surface area contributed by atoms with Gasteiger partial charge in [0, 0.05) is 85.8 Å². The maximum absolute atomic E-state index is 13.9. The van der Waals surface area contributed by atoms with Gasteiger partial charge in [-0.1, -0.05) is 61.7 Å². The SMILES string of the molecule is O=C1CCC(Nc2ccc(NC(=O)CCCCCCCN3CCN(c4ccc(-c5ccc6c(c5)C(=O)N(C(C(=O)Nc5nccs5)c5ccccc5)C6)cn4)CC3)cc2)C(=O)N1. The maximum Gasteiger partial charge on any atom is 0.255 e. The van der Waals surface area contributed by atoms with Crippen LogP contribution in [0.5, 0.6) is 0 Å². The van der Waals surface area contributed by atoms with Crippen molar-refractivity contribution in [1.82, 2.24) is 25.1 Å². The van der Waals surface area contributed by atoms with Crippen LogP contribution in [-0.2, 0) is 25.7 Å². The van der Waals surface area contributed by atoms with E-state index in [0.717, 1.165) is 98.6 Å². The molecule has 15 heteroatoms. The van der Waals surface area contributed by atoms with Gasteiger partial charge in [0.05, 0.1) is 0 Å². The highest BCUT2D eigenvalue weighted by atomic mass is 32.1. The first-order valence-electron chi connectivity index (χ1n) is 21.4. The van der Waals surface area contributed by atoms with Crippen molar-refractivity contribution in [3.05, 3.63) is 119 Å². The number of carbonyl (C=O) groups excluding carboxylic acids is 5. The average molecular weight is 854 g/mol. The number of fused-ring (bicyclic) bond motifs is 1. The minimum Gasteiger partial charge on any atom is -0.374 e. The predicted octanol–water partition coefficient (Wildman–Crippen LogP) is 6.86. The van der Waals surface area contributed by atoms with Crippen molar-refractivity contribution in [3.8, 4) is 11.1 Å². The Morgan fingerprint density at radius 2 is 1.56 bits per heavy atom. The lowest BCUT2D eigenvalue weighted by Gasteiger charge is -2.35. The molecular formula is C47H51N9O5S. The summed E-state index contributed by atoms with van der Waals surface area (Å²) < 4.78 is 0. The summed E-state index contributed by atoms with van der Waals surface area (Å²) in [5.41, 5.74) is 5.52. The second-order valence-electron chi connectivity index (χ2n) is 16.0. The topological polar surface area (TPSA) is 169 Å². The molecule has 62 heavy (non-hydrogen) atoms. The summed E-state index contributed by atoms with van der Waals surface area (Å²) in [5.74, 6) is -0.105. The van der Waals surface area contributed by atoms with E-state index in [1.165, 1.54) is 11.3 Å². The molecule has 0 aliphatic carbocycles.